The first-order valence-electron chi connectivity index (χ1n) is 4.49. The molecule has 8 heteroatoms. The maximum absolute atomic E-state index is 10.9. The molecule has 0 N–H and O–H groups in total. The first-order valence-corrected chi connectivity index (χ1v) is 6.97. The second-order valence-corrected chi connectivity index (χ2v) is 5.40. The SMILES string of the molecule is Cc1ccc(N=c2ssnc2Cl)c([N+](=O)[O-])c1. The molecule has 0 atom stereocenters. The summed E-state index contributed by atoms with van der Waals surface area (Å²) in [6, 6.07) is 4.86. The Bertz CT molecular complexity index is 635. The lowest BCUT2D eigenvalue weighted by atomic mass is 10.2. The van der Waals surface area contributed by atoms with Gasteiger partial charge in [0, 0.05) is 16.6 Å². The smallest absolute Gasteiger partial charge is 0.258 e. The summed E-state index contributed by atoms with van der Waals surface area (Å²) in [6.07, 6.45) is 0. The summed E-state index contributed by atoms with van der Waals surface area (Å²) in [5, 5.41) is 11.2. The number of halogens is 1. The van der Waals surface area contributed by atoms with Crippen molar-refractivity contribution in [3.05, 3.63) is 43.7 Å². The second kappa shape index (κ2) is 4.91. The molecule has 2 aromatic rings. The Morgan fingerprint density at radius 2 is 2.29 bits per heavy atom. The van der Waals surface area contributed by atoms with E-state index in [1.807, 2.05) is 0 Å². The summed E-state index contributed by atoms with van der Waals surface area (Å²) in [5.41, 5.74) is 1.08. The molecule has 5 nitrogen and oxygen atoms in total. The molecule has 1 aromatic carbocycles. The molecule has 17 heavy (non-hydrogen) atoms. The second-order valence-electron chi connectivity index (χ2n) is 3.21. The van der Waals surface area contributed by atoms with Crippen molar-refractivity contribution in [2.75, 3.05) is 0 Å². The van der Waals surface area contributed by atoms with Crippen molar-refractivity contribution in [1.29, 1.82) is 0 Å². The van der Waals surface area contributed by atoms with Crippen LogP contribution in [0.25, 0.3) is 0 Å². The molecule has 0 fully saturated rings. The summed E-state index contributed by atoms with van der Waals surface area (Å²) in [4.78, 5) is 14.6. The molecule has 0 aliphatic carbocycles. The van der Waals surface area contributed by atoms with E-state index < -0.39 is 4.92 Å². The molecule has 1 heterocycles. The molecule has 0 aliphatic rings. The Balaban J connectivity index is 2.61. The van der Waals surface area contributed by atoms with Crippen LogP contribution in [0.3, 0.4) is 0 Å². The van der Waals surface area contributed by atoms with Gasteiger partial charge in [0.2, 0.25) is 0 Å². The van der Waals surface area contributed by atoms with E-state index in [1.54, 1.807) is 19.1 Å². The van der Waals surface area contributed by atoms with Crippen LogP contribution in [0.4, 0.5) is 11.4 Å². The van der Waals surface area contributed by atoms with Gasteiger partial charge in [-0.05, 0) is 28.9 Å². The van der Waals surface area contributed by atoms with Crippen LogP contribution >= 0.6 is 32.5 Å². The predicted octanol–water partition coefficient (Wildman–Crippen LogP) is 3.31. The van der Waals surface area contributed by atoms with E-state index in [4.69, 9.17) is 11.6 Å². The zero-order valence-corrected chi connectivity index (χ0v) is 11.0. The standard InChI is InChI=1S/C9H6ClN3O2S2/c1-5-2-3-6(7(4-5)13(14)15)11-9-8(10)12-17-16-9/h2-4H,1H3. The zero-order valence-electron chi connectivity index (χ0n) is 8.58. The number of rotatable bonds is 2. The minimum absolute atomic E-state index is 0.0283. The maximum atomic E-state index is 10.9. The Labute approximate surface area is 109 Å². The highest BCUT2D eigenvalue weighted by Gasteiger charge is 2.13. The highest BCUT2D eigenvalue weighted by atomic mass is 35.5. The van der Waals surface area contributed by atoms with Crippen LogP contribution in [0, 0.1) is 17.0 Å². The quantitative estimate of drug-likeness (QED) is 0.483. The Morgan fingerprint density at radius 1 is 1.53 bits per heavy atom. The number of nitro groups is 1. The fraction of sp³-hybridized carbons (Fsp3) is 0.111. The first-order chi connectivity index (χ1) is 8.08. The van der Waals surface area contributed by atoms with Crippen molar-refractivity contribution in [2.24, 2.45) is 4.99 Å². The molecule has 0 bridgehead atoms. The van der Waals surface area contributed by atoms with E-state index in [-0.39, 0.29) is 10.8 Å². The minimum atomic E-state index is -0.454. The third-order valence-corrected chi connectivity index (χ3v) is 4.13. The van der Waals surface area contributed by atoms with Crippen molar-refractivity contribution in [2.45, 2.75) is 6.92 Å². The third-order valence-electron chi connectivity index (χ3n) is 1.96. The highest BCUT2D eigenvalue weighted by Crippen LogP contribution is 2.28. The number of aryl methyl sites for hydroxylation is 1. The van der Waals surface area contributed by atoms with Crippen molar-refractivity contribution >= 4 is 43.9 Å². The van der Waals surface area contributed by atoms with Crippen LogP contribution in [0.1, 0.15) is 5.56 Å². The lowest BCUT2D eigenvalue weighted by Gasteiger charge is -1.97. The molecule has 0 radical (unpaired) electrons. The van der Waals surface area contributed by atoms with Crippen molar-refractivity contribution in [1.82, 2.24) is 4.37 Å². The molecule has 88 valence electrons. The van der Waals surface area contributed by atoms with Crippen molar-refractivity contribution in [3.8, 4) is 0 Å². The number of nitrogens with zero attached hydrogens (tertiary/aromatic N) is 3. The van der Waals surface area contributed by atoms with Gasteiger partial charge in [0.25, 0.3) is 5.69 Å². The van der Waals surface area contributed by atoms with Gasteiger partial charge in [0.1, 0.15) is 5.69 Å². The van der Waals surface area contributed by atoms with Gasteiger partial charge in [-0.2, -0.15) is 4.37 Å². The Morgan fingerprint density at radius 3 is 2.88 bits per heavy atom. The van der Waals surface area contributed by atoms with Crippen LogP contribution in [-0.4, -0.2) is 9.30 Å². The Kier molecular flexibility index (Phi) is 3.51. The number of nitro benzene ring substituents is 1. The van der Waals surface area contributed by atoms with E-state index in [0.717, 1.165) is 5.56 Å². The van der Waals surface area contributed by atoms with E-state index in [1.165, 1.54) is 26.9 Å². The molecule has 0 spiro atoms. The molecule has 0 amide bonds. The van der Waals surface area contributed by atoms with Gasteiger partial charge < -0.3 is 0 Å². The fourth-order valence-corrected chi connectivity index (χ4v) is 3.19. The largest absolute Gasteiger partial charge is 0.295 e. The fourth-order valence-electron chi connectivity index (χ4n) is 1.21. The van der Waals surface area contributed by atoms with Gasteiger partial charge in [0.15, 0.2) is 9.82 Å². The van der Waals surface area contributed by atoms with E-state index in [9.17, 15) is 10.1 Å². The lowest BCUT2D eigenvalue weighted by molar-refractivity contribution is -0.384. The molecule has 1 aromatic heterocycles. The van der Waals surface area contributed by atoms with Crippen molar-refractivity contribution < 1.29 is 4.92 Å². The van der Waals surface area contributed by atoms with Gasteiger partial charge in [-0.3, -0.25) is 10.1 Å². The maximum Gasteiger partial charge on any atom is 0.295 e. The van der Waals surface area contributed by atoms with Gasteiger partial charge in [-0.25, -0.2) is 4.99 Å². The lowest BCUT2D eigenvalue weighted by Crippen LogP contribution is -1.95. The summed E-state index contributed by atoms with van der Waals surface area (Å²) >= 11 is 5.80. The molecule has 0 aliphatic heterocycles. The number of hydrogen-bond donors (Lipinski definition) is 0. The summed E-state index contributed by atoms with van der Waals surface area (Å²) < 4.78 is 4.36. The molecular weight excluding hydrogens is 282 g/mol. The van der Waals surface area contributed by atoms with Crippen LogP contribution in [0.2, 0.25) is 5.15 Å². The molecule has 0 unspecified atom stereocenters. The monoisotopic (exact) mass is 287 g/mol. The average Bonchev–Trinajstić information content (AvgIpc) is 2.67. The zero-order chi connectivity index (χ0) is 12.4. The van der Waals surface area contributed by atoms with Crippen molar-refractivity contribution in [3.63, 3.8) is 0 Å². The summed E-state index contributed by atoms with van der Waals surface area (Å²) in [5.74, 6) is 0. The van der Waals surface area contributed by atoms with Gasteiger partial charge in [0.05, 0.1) is 4.92 Å². The first kappa shape index (κ1) is 12.2. The van der Waals surface area contributed by atoms with E-state index in [0.29, 0.717) is 10.4 Å². The van der Waals surface area contributed by atoms with E-state index in [2.05, 4.69) is 9.37 Å². The minimum Gasteiger partial charge on any atom is -0.258 e. The normalized spacial score (nSPS) is 11.8. The topological polar surface area (TPSA) is 68.4 Å². The average molecular weight is 288 g/mol. The van der Waals surface area contributed by atoms with Gasteiger partial charge in [-0.15, -0.1) is 0 Å². The van der Waals surface area contributed by atoms with Gasteiger partial charge >= 0.3 is 0 Å². The molecule has 0 saturated heterocycles. The highest BCUT2D eigenvalue weighted by molar-refractivity contribution is 7.66. The van der Waals surface area contributed by atoms with Crippen LogP contribution in [-0.2, 0) is 0 Å². The van der Waals surface area contributed by atoms with Crippen LogP contribution < -0.4 is 4.67 Å². The molecular formula is C9H6ClN3O2S2. The number of benzene rings is 1. The summed E-state index contributed by atoms with van der Waals surface area (Å²) in [6.45, 7) is 1.79. The number of hydrogen-bond acceptors (Lipinski definition) is 6. The van der Waals surface area contributed by atoms with E-state index >= 15 is 0 Å². The third kappa shape index (κ3) is 2.68. The van der Waals surface area contributed by atoms with Crippen LogP contribution in [0.5, 0.6) is 0 Å². The molecule has 2 rings (SSSR count). The Hall–Kier alpha value is -1.31. The molecule has 0 saturated carbocycles. The number of aromatic nitrogens is 1. The summed E-state index contributed by atoms with van der Waals surface area (Å²) in [7, 11) is 2.48. The van der Waals surface area contributed by atoms with Gasteiger partial charge in [-0.1, -0.05) is 17.7 Å². The van der Waals surface area contributed by atoms with Crippen LogP contribution in [0.15, 0.2) is 23.2 Å². The predicted molar refractivity (Wildman–Crippen MR) is 68.1 cm³/mol.